The van der Waals surface area contributed by atoms with Gasteiger partial charge in [0.15, 0.2) is 0 Å². The second-order valence-electron chi connectivity index (χ2n) is 11.3. The highest BCUT2D eigenvalue weighted by atomic mass is 16.6. The lowest BCUT2D eigenvalue weighted by Gasteiger charge is -2.34. The highest BCUT2D eigenvalue weighted by Crippen LogP contribution is 2.26. The lowest BCUT2D eigenvalue weighted by Crippen LogP contribution is -2.52. The number of benzene rings is 2. The molecular formula is C32H46N4O5. The van der Waals surface area contributed by atoms with Gasteiger partial charge in [0, 0.05) is 18.7 Å². The molecule has 0 aliphatic carbocycles. The van der Waals surface area contributed by atoms with Gasteiger partial charge in [-0.2, -0.15) is 0 Å². The summed E-state index contributed by atoms with van der Waals surface area (Å²) >= 11 is 0. The third-order valence-electron chi connectivity index (χ3n) is 6.53. The monoisotopic (exact) mass is 566 g/mol. The fraction of sp³-hybridized carbons (Fsp3) is 0.500. The van der Waals surface area contributed by atoms with Gasteiger partial charge in [-0.25, -0.2) is 4.79 Å². The van der Waals surface area contributed by atoms with Crippen LogP contribution in [0.4, 0.5) is 10.5 Å². The largest absolute Gasteiger partial charge is 0.444 e. The van der Waals surface area contributed by atoms with Crippen LogP contribution in [0, 0.1) is 6.92 Å². The van der Waals surface area contributed by atoms with E-state index in [1.54, 1.807) is 32.9 Å². The van der Waals surface area contributed by atoms with Crippen molar-refractivity contribution in [1.29, 1.82) is 0 Å². The number of hydrogen-bond acceptors (Lipinski definition) is 5. The first-order chi connectivity index (χ1) is 19.4. The Morgan fingerprint density at radius 2 is 1.56 bits per heavy atom. The van der Waals surface area contributed by atoms with E-state index in [-0.39, 0.29) is 25.3 Å². The topological polar surface area (TPSA) is 131 Å². The summed E-state index contributed by atoms with van der Waals surface area (Å²) in [6, 6.07) is 14.4. The average Bonchev–Trinajstić information content (AvgIpc) is 2.90. The average molecular weight is 567 g/mol. The molecule has 0 aliphatic rings. The van der Waals surface area contributed by atoms with Crippen molar-refractivity contribution in [3.05, 3.63) is 65.7 Å². The number of anilines is 1. The molecule has 0 aromatic heterocycles. The van der Waals surface area contributed by atoms with Crippen LogP contribution in [-0.4, -0.2) is 46.9 Å². The standard InChI is InChI=1S/C32H46N4O5/c1-6-7-8-9-15-22-36(30(39)26(20-21-27(33)37)35-31(40)41-32(3,4)5)28(24-17-11-10-12-18-24)29(38)34-25-19-14-13-16-23(25)2/h10-14,16-19,26,28H,6-9,15,20-22H2,1-5H3,(H2,33,37)(H,34,38)(H,35,40). The van der Waals surface area contributed by atoms with Crippen LogP contribution in [0.2, 0.25) is 0 Å². The molecular weight excluding hydrogens is 520 g/mol. The van der Waals surface area contributed by atoms with E-state index in [1.807, 2.05) is 49.4 Å². The number of primary amides is 1. The summed E-state index contributed by atoms with van der Waals surface area (Å²) in [5, 5.41) is 5.63. The molecule has 0 bridgehead atoms. The van der Waals surface area contributed by atoms with Crippen molar-refractivity contribution in [3.63, 3.8) is 0 Å². The molecule has 9 heteroatoms. The molecule has 0 heterocycles. The molecule has 224 valence electrons. The van der Waals surface area contributed by atoms with Gasteiger partial charge in [-0.3, -0.25) is 14.4 Å². The molecule has 0 saturated heterocycles. The Kier molecular flexibility index (Phi) is 13.3. The SMILES string of the molecule is CCCCCCCN(C(=O)C(CCC(N)=O)NC(=O)OC(C)(C)C)C(C(=O)Nc1ccccc1C)c1ccccc1. The Bertz CT molecular complexity index is 1150. The Morgan fingerprint density at radius 1 is 0.927 bits per heavy atom. The molecule has 0 spiro atoms. The van der Waals surface area contributed by atoms with Crippen molar-refractivity contribution < 1.29 is 23.9 Å². The number of unbranched alkanes of at least 4 members (excludes halogenated alkanes) is 4. The zero-order valence-electron chi connectivity index (χ0n) is 25.1. The van der Waals surface area contributed by atoms with Gasteiger partial charge < -0.3 is 26.0 Å². The number of rotatable bonds is 15. The predicted molar refractivity (Wildman–Crippen MR) is 161 cm³/mol. The van der Waals surface area contributed by atoms with E-state index in [1.165, 1.54) is 4.90 Å². The van der Waals surface area contributed by atoms with Gasteiger partial charge in [0.1, 0.15) is 17.7 Å². The third kappa shape index (κ3) is 11.6. The molecule has 9 nitrogen and oxygen atoms in total. The zero-order valence-corrected chi connectivity index (χ0v) is 25.1. The predicted octanol–water partition coefficient (Wildman–Crippen LogP) is 5.63. The maximum absolute atomic E-state index is 14.2. The van der Waals surface area contributed by atoms with Crippen molar-refractivity contribution in [2.24, 2.45) is 5.73 Å². The highest BCUT2D eigenvalue weighted by Gasteiger charge is 2.36. The Morgan fingerprint density at radius 3 is 2.17 bits per heavy atom. The van der Waals surface area contributed by atoms with E-state index in [2.05, 4.69) is 17.6 Å². The van der Waals surface area contributed by atoms with Gasteiger partial charge in [0.25, 0.3) is 5.91 Å². The Hall–Kier alpha value is -3.88. The van der Waals surface area contributed by atoms with Gasteiger partial charge in [0.2, 0.25) is 11.8 Å². The summed E-state index contributed by atoms with van der Waals surface area (Å²) in [7, 11) is 0. The summed E-state index contributed by atoms with van der Waals surface area (Å²) in [6.07, 6.45) is 3.76. The minimum Gasteiger partial charge on any atom is -0.444 e. The molecule has 2 atom stereocenters. The summed E-state index contributed by atoms with van der Waals surface area (Å²) in [5.74, 6) is -1.46. The van der Waals surface area contributed by atoms with Crippen molar-refractivity contribution in [2.75, 3.05) is 11.9 Å². The number of amides is 4. The maximum atomic E-state index is 14.2. The summed E-state index contributed by atoms with van der Waals surface area (Å²) in [6.45, 7) is 9.47. The number of nitrogens with two attached hydrogens (primary N) is 1. The number of alkyl carbamates (subject to hydrolysis) is 1. The number of nitrogens with zero attached hydrogens (tertiary/aromatic N) is 1. The Labute approximate surface area is 244 Å². The number of carbonyl (C=O) groups excluding carboxylic acids is 4. The minimum absolute atomic E-state index is 0.0271. The van der Waals surface area contributed by atoms with Crippen LogP contribution in [0.1, 0.15) is 89.8 Å². The number of hydrogen-bond donors (Lipinski definition) is 3. The number of nitrogens with one attached hydrogen (secondary N) is 2. The van der Waals surface area contributed by atoms with Crippen molar-refractivity contribution in [2.45, 2.75) is 97.2 Å². The van der Waals surface area contributed by atoms with Crippen LogP contribution in [-0.2, 0) is 19.1 Å². The molecule has 0 aliphatic heterocycles. The number of ether oxygens (including phenoxy) is 1. The molecule has 0 fully saturated rings. The van der Waals surface area contributed by atoms with E-state index >= 15 is 0 Å². The van der Waals surface area contributed by atoms with Gasteiger partial charge in [0.05, 0.1) is 0 Å². The third-order valence-corrected chi connectivity index (χ3v) is 6.53. The lowest BCUT2D eigenvalue weighted by atomic mass is 10.0. The molecule has 2 rings (SSSR count). The maximum Gasteiger partial charge on any atom is 0.408 e. The van der Waals surface area contributed by atoms with E-state index < -0.39 is 35.6 Å². The second kappa shape index (κ2) is 16.4. The molecule has 2 aromatic rings. The normalized spacial score (nSPS) is 12.6. The quantitative estimate of drug-likeness (QED) is 0.240. The first-order valence-corrected chi connectivity index (χ1v) is 14.4. The number of carbonyl (C=O) groups is 4. The number of para-hydroxylation sites is 1. The molecule has 0 saturated carbocycles. The minimum atomic E-state index is -1.12. The fourth-order valence-corrected chi connectivity index (χ4v) is 4.47. The van der Waals surface area contributed by atoms with E-state index in [4.69, 9.17) is 10.5 Å². The Balaban J connectivity index is 2.50. The van der Waals surface area contributed by atoms with Crippen LogP contribution in [0.25, 0.3) is 0 Å². The van der Waals surface area contributed by atoms with Gasteiger partial charge in [-0.1, -0.05) is 81.1 Å². The molecule has 2 aromatic carbocycles. The van der Waals surface area contributed by atoms with Crippen molar-refractivity contribution in [3.8, 4) is 0 Å². The summed E-state index contributed by atoms with van der Waals surface area (Å²) < 4.78 is 5.40. The van der Waals surface area contributed by atoms with E-state index in [0.717, 1.165) is 31.2 Å². The molecule has 41 heavy (non-hydrogen) atoms. The number of aryl methyl sites for hydroxylation is 1. The second-order valence-corrected chi connectivity index (χ2v) is 11.3. The van der Waals surface area contributed by atoms with Crippen molar-refractivity contribution in [1.82, 2.24) is 10.2 Å². The highest BCUT2D eigenvalue weighted by molar-refractivity contribution is 5.99. The first kappa shape index (κ1) is 33.3. The van der Waals surface area contributed by atoms with Crippen LogP contribution in [0.15, 0.2) is 54.6 Å². The molecule has 2 unspecified atom stereocenters. The smallest absolute Gasteiger partial charge is 0.408 e. The zero-order chi connectivity index (χ0) is 30.4. The van der Waals surface area contributed by atoms with Crippen LogP contribution >= 0.6 is 0 Å². The van der Waals surface area contributed by atoms with Gasteiger partial charge in [-0.15, -0.1) is 0 Å². The van der Waals surface area contributed by atoms with E-state index in [9.17, 15) is 19.2 Å². The van der Waals surface area contributed by atoms with E-state index in [0.29, 0.717) is 17.7 Å². The van der Waals surface area contributed by atoms with Gasteiger partial charge in [-0.05, 0) is 57.7 Å². The van der Waals surface area contributed by atoms with Crippen molar-refractivity contribution >= 4 is 29.5 Å². The molecule has 0 radical (unpaired) electrons. The summed E-state index contributed by atoms with van der Waals surface area (Å²) in [4.78, 5) is 54.1. The van der Waals surface area contributed by atoms with Gasteiger partial charge >= 0.3 is 6.09 Å². The van der Waals surface area contributed by atoms with Crippen LogP contribution in [0.3, 0.4) is 0 Å². The molecule has 4 N–H and O–H groups in total. The lowest BCUT2D eigenvalue weighted by molar-refractivity contribution is -0.141. The summed E-state index contributed by atoms with van der Waals surface area (Å²) in [5.41, 5.74) is 6.77. The molecule has 4 amide bonds. The van der Waals surface area contributed by atoms with Crippen LogP contribution in [0.5, 0.6) is 0 Å². The first-order valence-electron chi connectivity index (χ1n) is 14.4. The van der Waals surface area contributed by atoms with Crippen LogP contribution < -0.4 is 16.4 Å². The fourth-order valence-electron chi connectivity index (χ4n) is 4.47.